The Morgan fingerprint density at radius 3 is 3.08 bits per heavy atom. The van der Waals surface area contributed by atoms with E-state index in [2.05, 4.69) is 29.5 Å². The van der Waals surface area contributed by atoms with Crippen molar-refractivity contribution in [3.63, 3.8) is 0 Å². The molecule has 4 heteroatoms. The Kier molecular flexibility index (Phi) is 3.76. The topological polar surface area (TPSA) is 49.9 Å². The van der Waals surface area contributed by atoms with Crippen molar-refractivity contribution in [2.45, 2.75) is 20.4 Å². The second-order valence-electron chi connectivity index (χ2n) is 3.11. The van der Waals surface area contributed by atoms with Gasteiger partial charge in [-0.05, 0) is 12.0 Å². The van der Waals surface area contributed by atoms with E-state index in [9.17, 15) is 0 Å². The van der Waals surface area contributed by atoms with Crippen molar-refractivity contribution in [3.05, 3.63) is 18.0 Å². The summed E-state index contributed by atoms with van der Waals surface area (Å²) in [6, 6.07) is 1.91. The summed E-state index contributed by atoms with van der Waals surface area (Å²) in [4.78, 5) is 5.17. The minimum atomic E-state index is 0.555. The molecule has 1 heterocycles. The number of H-pyrrole nitrogens is 1. The van der Waals surface area contributed by atoms with Gasteiger partial charge in [-0.15, -0.1) is 0 Å². The molecule has 1 aromatic heterocycles. The van der Waals surface area contributed by atoms with Crippen LogP contribution in [0.4, 0.5) is 0 Å². The lowest BCUT2D eigenvalue weighted by Gasteiger charge is -2.06. The highest BCUT2D eigenvalue weighted by molar-refractivity contribution is 4.95. The molecule has 0 amide bonds. The Bertz CT molecular complexity index is 196. The molecule has 0 saturated carbocycles. The van der Waals surface area contributed by atoms with Gasteiger partial charge in [-0.3, -0.25) is 5.10 Å². The van der Waals surface area contributed by atoms with Gasteiger partial charge in [0, 0.05) is 6.20 Å². The summed E-state index contributed by atoms with van der Waals surface area (Å²) in [6.45, 7) is 5.62. The van der Waals surface area contributed by atoms with Crippen LogP contribution in [0, 0.1) is 5.92 Å². The van der Waals surface area contributed by atoms with Crippen molar-refractivity contribution >= 4 is 0 Å². The molecular weight excluding hydrogens is 154 g/mol. The third kappa shape index (κ3) is 3.50. The van der Waals surface area contributed by atoms with Crippen LogP contribution in [0.1, 0.15) is 19.5 Å². The molecule has 12 heavy (non-hydrogen) atoms. The molecule has 0 fully saturated rings. The highest BCUT2D eigenvalue weighted by Crippen LogP contribution is 1.92. The molecule has 0 unspecified atom stereocenters. The standard InChI is InChI=1S/C8H15N3O/c1-7(2)6-12-10-5-8-3-4-9-11-8/h3-4,7,10H,5-6H2,1-2H3,(H,9,11). The van der Waals surface area contributed by atoms with Crippen LogP contribution in [0.5, 0.6) is 0 Å². The summed E-state index contributed by atoms with van der Waals surface area (Å²) in [6.07, 6.45) is 1.72. The summed E-state index contributed by atoms with van der Waals surface area (Å²) >= 11 is 0. The molecule has 1 aromatic rings. The van der Waals surface area contributed by atoms with Crippen molar-refractivity contribution in [1.82, 2.24) is 15.7 Å². The summed E-state index contributed by atoms with van der Waals surface area (Å²) in [5.74, 6) is 0.555. The lowest BCUT2D eigenvalue weighted by molar-refractivity contribution is 0.0190. The number of rotatable bonds is 5. The highest BCUT2D eigenvalue weighted by Gasteiger charge is 1.94. The maximum Gasteiger partial charge on any atom is 0.0705 e. The van der Waals surface area contributed by atoms with Crippen LogP contribution in [0.2, 0.25) is 0 Å². The van der Waals surface area contributed by atoms with E-state index in [4.69, 9.17) is 4.84 Å². The molecule has 2 N–H and O–H groups in total. The van der Waals surface area contributed by atoms with Crippen LogP contribution in [-0.4, -0.2) is 16.8 Å². The van der Waals surface area contributed by atoms with Gasteiger partial charge < -0.3 is 4.84 Å². The Labute approximate surface area is 72.3 Å². The molecule has 0 atom stereocenters. The predicted octanol–water partition coefficient (Wildman–Crippen LogP) is 1.09. The van der Waals surface area contributed by atoms with Gasteiger partial charge >= 0.3 is 0 Å². The molecule has 0 aliphatic heterocycles. The van der Waals surface area contributed by atoms with Gasteiger partial charge in [0.15, 0.2) is 0 Å². The molecule has 68 valence electrons. The van der Waals surface area contributed by atoms with E-state index in [0.29, 0.717) is 12.5 Å². The summed E-state index contributed by atoms with van der Waals surface area (Å²) in [5, 5.41) is 6.65. The highest BCUT2D eigenvalue weighted by atomic mass is 16.6. The number of nitrogens with zero attached hydrogens (tertiary/aromatic N) is 1. The number of hydrogen-bond donors (Lipinski definition) is 2. The van der Waals surface area contributed by atoms with E-state index in [0.717, 1.165) is 12.3 Å². The first-order valence-electron chi connectivity index (χ1n) is 4.12. The van der Waals surface area contributed by atoms with E-state index in [1.165, 1.54) is 0 Å². The lowest BCUT2D eigenvalue weighted by Crippen LogP contribution is -2.17. The second-order valence-corrected chi connectivity index (χ2v) is 3.11. The summed E-state index contributed by atoms with van der Waals surface area (Å²) in [7, 11) is 0. The van der Waals surface area contributed by atoms with Gasteiger partial charge in [0.25, 0.3) is 0 Å². The zero-order chi connectivity index (χ0) is 8.81. The Hall–Kier alpha value is -0.870. The van der Waals surface area contributed by atoms with E-state index in [1.807, 2.05) is 6.07 Å². The molecular formula is C8H15N3O. The average Bonchev–Trinajstić information content (AvgIpc) is 2.49. The van der Waals surface area contributed by atoms with Crippen LogP contribution in [0.3, 0.4) is 0 Å². The minimum absolute atomic E-state index is 0.555. The van der Waals surface area contributed by atoms with E-state index < -0.39 is 0 Å². The van der Waals surface area contributed by atoms with E-state index in [-0.39, 0.29) is 0 Å². The van der Waals surface area contributed by atoms with Crippen LogP contribution in [0.25, 0.3) is 0 Å². The zero-order valence-electron chi connectivity index (χ0n) is 7.50. The van der Waals surface area contributed by atoms with Crippen molar-refractivity contribution in [2.24, 2.45) is 5.92 Å². The average molecular weight is 169 g/mol. The number of aromatic nitrogens is 2. The van der Waals surface area contributed by atoms with Gasteiger partial charge in [0.2, 0.25) is 0 Å². The van der Waals surface area contributed by atoms with Crippen LogP contribution in [-0.2, 0) is 11.4 Å². The second kappa shape index (κ2) is 4.90. The molecule has 0 radical (unpaired) electrons. The molecule has 0 saturated heterocycles. The zero-order valence-corrected chi connectivity index (χ0v) is 7.50. The summed E-state index contributed by atoms with van der Waals surface area (Å²) in [5.41, 5.74) is 3.87. The minimum Gasteiger partial charge on any atom is -0.301 e. The molecule has 0 aliphatic carbocycles. The molecule has 4 nitrogen and oxygen atoms in total. The number of hydroxylamine groups is 1. The fourth-order valence-corrected chi connectivity index (χ4v) is 0.738. The monoisotopic (exact) mass is 169 g/mol. The molecule has 0 bridgehead atoms. The fraction of sp³-hybridized carbons (Fsp3) is 0.625. The van der Waals surface area contributed by atoms with Crippen LogP contribution >= 0.6 is 0 Å². The molecule has 1 rings (SSSR count). The first-order chi connectivity index (χ1) is 5.79. The largest absolute Gasteiger partial charge is 0.301 e. The predicted molar refractivity (Wildman–Crippen MR) is 46.2 cm³/mol. The van der Waals surface area contributed by atoms with Gasteiger partial charge in [0.1, 0.15) is 0 Å². The summed E-state index contributed by atoms with van der Waals surface area (Å²) < 4.78 is 0. The van der Waals surface area contributed by atoms with E-state index >= 15 is 0 Å². The quantitative estimate of drug-likeness (QED) is 0.512. The molecule has 0 spiro atoms. The van der Waals surface area contributed by atoms with Gasteiger partial charge in [-0.25, -0.2) is 0 Å². The van der Waals surface area contributed by atoms with Gasteiger partial charge in [-0.1, -0.05) is 13.8 Å². The number of nitrogens with one attached hydrogen (secondary N) is 2. The van der Waals surface area contributed by atoms with Crippen molar-refractivity contribution in [2.75, 3.05) is 6.61 Å². The van der Waals surface area contributed by atoms with Crippen molar-refractivity contribution in [3.8, 4) is 0 Å². The number of hydrogen-bond acceptors (Lipinski definition) is 3. The SMILES string of the molecule is CC(C)CONCc1ccn[nH]1. The van der Waals surface area contributed by atoms with Crippen molar-refractivity contribution in [1.29, 1.82) is 0 Å². The lowest BCUT2D eigenvalue weighted by atomic mass is 10.2. The first kappa shape index (κ1) is 9.22. The fourth-order valence-electron chi connectivity index (χ4n) is 0.738. The first-order valence-corrected chi connectivity index (χ1v) is 4.12. The van der Waals surface area contributed by atoms with Gasteiger partial charge in [-0.2, -0.15) is 10.6 Å². The third-order valence-corrected chi connectivity index (χ3v) is 1.34. The smallest absolute Gasteiger partial charge is 0.0705 e. The van der Waals surface area contributed by atoms with Crippen LogP contribution < -0.4 is 5.48 Å². The third-order valence-electron chi connectivity index (χ3n) is 1.34. The molecule has 0 aliphatic rings. The molecule has 0 aromatic carbocycles. The Morgan fingerprint density at radius 2 is 2.50 bits per heavy atom. The Balaban J connectivity index is 2.04. The maximum absolute atomic E-state index is 5.17. The Morgan fingerprint density at radius 1 is 1.67 bits per heavy atom. The normalized spacial score (nSPS) is 10.9. The maximum atomic E-state index is 5.17. The van der Waals surface area contributed by atoms with Crippen molar-refractivity contribution < 1.29 is 4.84 Å². The van der Waals surface area contributed by atoms with E-state index in [1.54, 1.807) is 6.20 Å². The number of aromatic amines is 1. The van der Waals surface area contributed by atoms with Crippen LogP contribution in [0.15, 0.2) is 12.3 Å². The van der Waals surface area contributed by atoms with Gasteiger partial charge in [0.05, 0.1) is 18.8 Å².